The van der Waals surface area contributed by atoms with Crippen LogP contribution < -0.4 is 0 Å². The van der Waals surface area contributed by atoms with Gasteiger partial charge in [-0.05, 0) is 6.92 Å². The summed E-state index contributed by atoms with van der Waals surface area (Å²) in [4.78, 5) is 0. The second-order valence-corrected chi connectivity index (χ2v) is 11.6. The topological polar surface area (TPSA) is 258 Å². The van der Waals surface area contributed by atoms with Gasteiger partial charge in [-0.15, -0.1) is 0 Å². The minimum absolute atomic E-state index is 0.0995. The van der Waals surface area contributed by atoms with Crippen LogP contribution in [0.4, 0.5) is 26.3 Å². The van der Waals surface area contributed by atoms with Crippen LogP contribution in [-0.4, -0.2) is 104 Å². The molecule has 0 saturated heterocycles. The van der Waals surface area contributed by atoms with Crippen molar-refractivity contribution >= 4 is 40.5 Å². The normalized spacial score (nSPS) is 12.5. The highest BCUT2D eigenvalue weighted by Crippen LogP contribution is 2.18. The largest absolute Gasteiger partial charge is 0.368 e. The predicted molar refractivity (Wildman–Crippen MR) is 103 cm³/mol. The van der Waals surface area contributed by atoms with Gasteiger partial charge in [-0.3, -0.25) is 18.2 Å². The monoisotopic (exact) mass is 610 g/mol. The summed E-state index contributed by atoms with van der Waals surface area (Å²) in [7, 11) is -18.4. The Morgan fingerprint density at radius 2 is 0.735 bits per heavy atom. The number of aliphatic hydroxyl groups excluding tert-OH is 1. The molecule has 0 aliphatic rings. The van der Waals surface area contributed by atoms with Crippen LogP contribution in [0.2, 0.25) is 0 Å². The van der Waals surface area contributed by atoms with Gasteiger partial charge in [0.05, 0.1) is 0 Å². The zero-order chi connectivity index (χ0) is 29.4. The average Bonchev–Trinajstić information content (AvgIpc) is 2.41. The smallest absolute Gasteiger partial charge is 0.367 e. The maximum Gasteiger partial charge on any atom is 0.367 e. The lowest BCUT2D eigenvalue weighted by molar-refractivity contribution is -0.0228. The molecule has 0 rings (SSSR count). The van der Waals surface area contributed by atoms with Gasteiger partial charge in [0.2, 0.25) is 0 Å². The fraction of sp³-hybridized carbons (Fsp3) is 1.00. The maximum atomic E-state index is 11.4. The summed E-state index contributed by atoms with van der Waals surface area (Å²) in [5.74, 6) is -1.60. The predicted octanol–water partition coefficient (Wildman–Crippen LogP) is -0.0218. The Balaban J connectivity index is -0.000000105. The molecule has 34 heavy (non-hydrogen) atoms. The third-order valence-electron chi connectivity index (χ3n) is 1.58. The second kappa shape index (κ2) is 17.6. The molecule has 0 aliphatic heterocycles. The fourth-order valence-electron chi connectivity index (χ4n) is 0.195. The van der Waals surface area contributed by atoms with E-state index in [9.17, 15) is 60.0 Å². The van der Waals surface area contributed by atoms with Crippen LogP contribution >= 0.6 is 0 Å². The zero-order valence-electron chi connectivity index (χ0n) is 17.3. The van der Waals surface area contributed by atoms with Gasteiger partial charge < -0.3 is 10.2 Å². The van der Waals surface area contributed by atoms with Gasteiger partial charge in [0.1, 0.15) is 31.1 Å². The van der Waals surface area contributed by atoms with Gasteiger partial charge in [-0.25, -0.2) is 8.78 Å². The van der Waals surface area contributed by atoms with E-state index in [1.807, 2.05) is 0 Å². The average molecular weight is 611 g/mol. The Hall–Kier alpha value is -0.860. The number of rotatable bonds is 6. The minimum atomic E-state index is -5.17. The van der Waals surface area contributed by atoms with E-state index in [0.29, 0.717) is 0 Å². The summed E-state index contributed by atoms with van der Waals surface area (Å²) in [5, 5.41) is 7.15. The molecule has 0 amide bonds. The summed E-state index contributed by atoms with van der Waals surface area (Å²) >= 11 is 0. The summed E-state index contributed by atoms with van der Waals surface area (Å²) in [5.41, 5.74) is 0. The summed E-state index contributed by atoms with van der Waals surface area (Å²) in [6, 6.07) is 0. The lowest BCUT2D eigenvalue weighted by Crippen LogP contribution is -2.23. The highest BCUT2D eigenvalue weighted by Gasteiger charge is 2.38. The molecule has 0 radical (unpaired) electrons. The second-order valence-electron chi connectivity index (χ2n) is 5.15. The van der Waals surface area contributed by atoms with E-state index in [1.54, 1.807) is 0 Å². The molecule has 0 spiro atoms. The van der Waals surface area contributed by atoms with Crippen molar-refractivity contribution in [3.05, 3.63) is 0 Å². The molecule has 6 N–H and O–H groups in total. The molecule has 14 nitrogen and oxygen atoms in total. The molecule has 0 aromatic carbocycles. The molecule has 0 fully saturated rings. The Labute approximate surface area is 191 Å². The van der Waals surface area contributed by atoms with Gasteiger partial charge in [0.25, 0.3) is 20.2 Å². The van der Waals surface area contributed by atoms with E-state index in [0.717, 1.165) is 0 Å². The third kappa shape index (κ3) is 44.8. The molecule has 214 valence electrons. The van der Waals surface area contributed by atoms with Crippen molar-refractivity contribution in [2.45, 2.75) is 37.6 Å². The minimum Gasteiger partial charge on any atom is -0.368 e. The summed E-state index contributed by atoms with van der Waals surface area (Å²) in [6.45, 7) is -0.581. The van der Waals surface area contributed by atoms with Gasteiger partial charge in [0, 0.05) is 13.8 Å². The number of alkyl halides is 6. The van der Waals surface area contributed by atoms with Crippen LogP contribution in [-0.2, 0) is 40.5 Å². The quantitative estimate of drug-likeness (QED) is 0.131. The highest BCUT2D eigenvalue weighted by molar-refractivity contribution is 7.87. The van der Waals surface area contributed by atoms with E-state index < -0.39 is 82.1 Å². The van der Waals surface area contributed by atoms with Crippen LogP contribution in [0.25, 0.3) is 0 Å². The number of hydrogen-bond donors (Lipinski definition) is 6. The molecule has 0 aromatic heterocycles. The van der Waals surface area contributed by atoms with Crippen LogP contribution in [0.3, 0.4) is 0 Å². The first-order valence-electron chi connectivity index (χ1n) is 7.43. The van der Waals surface area contributed by atoms with Crippen molar-refractivity contribution in [1.82, 2.24) is 0 Å². The Kier molecular flexibility index (Phi) is 22.3. The van der Waals surface area contributed by atoms with Crippen LogP contribution in [0.1, 0.15) is 20.8 Å². The SMILES string of the molecule is CC(F)(F)S(=O)(=O)O.CC(F)(F)S(=O)(=O)O.CC(O)O.O=S(=O)(O)CCF.O=S(=O)(O)CCF. The lowest BCUT2D eigenvalue weighted by Gasteiger charge is -2.02. The van der Waals surface area contributed by atoms with E-state index in [-0.39, 0.29) is 13.8 Å². The molecular weight excluding hydrogens is 586 g/mol. The van der Waals surface area contributed by atoms with Crippen molar-refractivity contribution in [2.75, 3.05) is 24.9 Å². The van der Waals surface area contributed by atoms with E-state index in [2.05, 4.69) is 0 Å². The maximum absolute atomic E-state index is 11.4. The number of halogens is 6. The standard InChI is InChI=1S/2C2H4F2O3S.2C2H5FO3S.C2H6O2/c2*1-2(3,4)8(5,6)7;2*3-1-2-7(4,5)6;1-2(3)4/h2*1H3,(H,5,6,7);2*1-2H2,(H,4,5,6);2-4H,1H3. The molecule has 0 bridgehead atoms. The first-order chi connectivity index (χ1) is 14.4. The number of hydrogen-bond acceptors (Lipinski definition) is 10. The van der Waals surface area contributed by atoms with Crippen molar-refractivity contribution in [3.63, 3.8) is 0 Å². The molecule has 0 atom stereocenters. The van der Waals surface area contributed by atoms with Crippen LogP contribution in [0.15, 0.2) is 0 Å². The van der Waals surface area contributed by atoms with Gasteiger partial charge in [-0.2, -0.15) is 51.2 Å². The molecule has 0 saturated carbocycles. The molecular formula is C10H24F6O14S4. The summed E-state index contributed by atoms with van der Waals surface area (Å²) < 4.78 is 174. The Morgan fingerprint density at radius 1 is 0.618 bits per heavy atom. The van der Waals surface area contributed by atoms with Crippen molar-refractivity contribution < 1.29 is 88.4 Å². The first kappa shape index (κ1) is 43.2. The fourth-order valence-corrected chi connectivity index (χ4v) is 0.585. The van der Waals surface area contributed by atoms with E-state index in [1.165, 1.54) is 6.92 Å². The zero-order valence-corrected chi connectivity index (χ0v) is 20.5. The van der Waals surface area contributed by atoms with Gasteiger partial charge in [-0.1, -0.05) is 0 Å². The van der Waals surface area contributed by atoms with E-state index >= 15 is 0 Å². The lowest BCUT2D eigenvalue weighted by atomic mass is 10.8. The Morgan fingerprint density at radius 3 is 0.735 bits per heavy atom. The third-order valence-corrected chi connectivity index (χ3v) is 4.73. The van der Waals surface area contributed by atoms with Crippen LogP contribution in [0, 0.1) is 0 Å². The molecule has 0 aliphatic carbocycles. The van der Waals surface area contributed by atoms with Crippen LogP contribution in [0.5, 0.6) is 0 Å². The Bertz CT molecular complexity index is 855. The molecule has 24 heteroatoms. The van der Waals surface area contributed by atoms with Gasteiger partial charge >= 0.3 is 30.7 Å². The number of aliphatic hydroxyl groups is 2. The molecule has 0 aromatic rings. The summed E-state index contributed by atoms with van der Waals surface area (Å²) in [6.07, 6.45) is -1.17. The molecule has 0 unspecified atom stereocenters. The van der Waals surface area contributed by atoms with Crippen molar-refractivity contribution in [3.8, 4) is 0 Å². The van der Waals surface area contributed by atoms with Crippen molar-refractivity contribution in [1.29, 1.82) is 0 Å². The molecule has 0 heterocycles. The highest BCUT2D eigenvalue weighted by atomic mass is 32.2. The van der Waals surface area contributed by atoms with Gasteiger partial charge in [0.15, 0.2) is 0 Å². The van der Waals surface area contributed by atoms with E-state index in [4.69, 9.17) is 28.4 Å². The first-order valence-corrected chi connectivity index (χ1v) is 13.5. The van der Waals surface area contributed by atoms with Crippen molar-refractivity contribution in [2.24, 2.45) is 0 Å².